The average molecular weight is 388 g/mol. The highest BCUT2D eigenvalue weighted by Crippen LogP contribution is 2.20. The third-order valence-electron chi connectivity index (χ3n) is 4.90. The van der Waals surface area contributed by atoms with Crippen LogP contribution in [0.25, 0.3) is 5.69 Å². The number of thioether (sulfide) groups is 1. The van der Waals surface area contributed by atoms with Gasteiger partial charge in [0.25, 0.3) is 5.91 Å². The molecular weight excluding hydrogens is 362 g/mol. The highest BCUT2D eigenvalue weighted by atomic mass is 32.2. The zero-order valence-corrected chi connectivity index (χ0v) is 16.6. The number of aryl methyl sites for hydroxylation is 1. The number of benzene rings is 1. The molecule has 6 nitrogen and oxygen atoms in total. The number of carboxylic acid groups (broad SMARTS) is 1. The fraction of sp³-hybridized carbons (Fsp3) is 0.450. The number of hydrogen-bond donors (Lipinski definition) is 1. The van der Waals surface area contributed by atoms with Crippen molar-refractivity contribution in [2.45, 2.75) is 33.1 Å². The average Bonchev–Trinajstić information content (AvgIpc) is 2.84. The van der Waals surface area contributed by atoms with Crippen molar-refractivity contribution in [3.05, 3.63) is 46.8 Å². The van der Waals surface area contributed by atoms with Gasteiger partial charge in [0.2, 0.25) is 0 Å². The summed E-state index contributed by atoms with van der Waals surface area (Å²) in [6.07, 6.45) is 1.60. The maximum absolute atomic E-state index is 12.7. The molecule has 1 N–H and O–H groups in total. The number of hydrogen-bond acceptors (Lipinski definition) is 4. The summed E-state index contributed by atoms with van der Waals surface area (Å²) in [5.41, 5.74) is 4.33. The molecule has 2 heterocycles. The van der Waals surface area contributed by atoms with E-state index < -0.39 is 5.97 Å². The molecule has 27 heavy (non-hydrogen) atoms. The lowest BCUT2D eigenvalue weighted by molar-refractivity contribution is -0.136. The van der Waals surface area contributed by atoms with E-state index in [2.05, 4.69) is 5.10 Å². The zero-order chi connectivity index (χ0) is 19.4. The molecule has 0 spiro atoms. The zero-order valence-electron chi connectivity index (χ0n) is 15.8. The molecular formula is C20H25N3O3S. The highest BCUT2D eigenvalue weighted by molar-refractivity contribution is 7.99. The first kappa shape index (κ1) is 19.5. The van der Waals surface area contributed by atoms with Gasteiger partial charge in [0, 0.05) is 36.5 Å². The second-order valence-electron chi connectivity index (χ2n) is 6.76. The molecule has 0 atom stereocenters. The van der Waals surface area contributed by atoms with Gasteiger partial charge in [-0.1, -0.05) is 0 Å². The number of carbonyl (C=O) groups is 2. The molecule has 1 aromatic carbocycles. The first-order valence-corrected chi connectivity index (χ1v) is 10.4. The van der Waals surface area contributed by atoms with Crippen LogP contribution in [0.4, 0.5) is 0 Å². The van der Waals surface area contributed by atoms with Gasteiger partial charge in [0.05, 0.1) is 11.4 Å². The maximum Gasteiger partial charge on any atom is 0.303 e. The van der Waals surface area contributed by atoms with Gasteiger partial charge in [-0.05, 0) is 62.3 Å². The Morgan fingerprint density at radius 2 is 1.89 bits per heavy atom. The number of rotatable bonds is 5. The highest BCUT2D eigenvalue weighted by Gasteiger charge is 2.18. The van der Waals surface area contributed by atoms with Crippen LogP contribution >= 0.6 is 11.8 Å². The molecule has 1 amide bonds. The Morgan fingerprint density at radius 3 is 2.59 bits per heavy atom. The Balaban J connectivity index is 1.78. The molecule has 0 saturated carbocycles. The van der Waals surface area contributed by atoms with Crippen LogP contribution in [0.2, 0.25) is 0 Å². The molecule has 1 saturated heterocycles. The smallest absolute Gasteiger partial charge is 0.303 e. The first-order chi connectivity index (χ1) is 13.0. The van der Waals surface area contributed by atoms with E-state index >= 15 is 0 Å². The summed E-state index contributed by atoms with van der Waals surface area (Å²) in [6.45, 7) is 5.47. The van der Waals surface area contributed by atoms with E-state index in [1.807, 2.05) is 59.5 Å². The monoisotopic (exact) mass is 387 g/mol. The van der Waals surface area contributed by atoms with Crippen LogP contribution in [-0.4, -0.2) is 56.3 Å². The number of carboxylic acids is 1. The van der Waals surface area contributed by atoms with E-state index in [-0.39, 0.29) is 12.3 Å². The summed E-state index contributed by atoms with van der Waals surface area (Å²) < 4.78 is 1.82. The van der Waals surface area contributed by atoms with E-state index in [9.17, 15) is 9.59 Å². The minimum atomic E-state index is -0.809. The lowest BCUT2D eigenvalue weighted by atomic mass is 10.1. The standard InChI is InChI=1S/C20H25N3O3S/c1-14-18(8-9-19(24)25)15(2)23(21-14)17-6-4-16(5-7-17)20(26)22-10-3-12-27-13-11-22/h4-7H,3,8-13H2,1-2H3,(H,24,25). The molecule has 1 aliphatic rings. The van der Waals surface area contributed by atoms with Gasteiger partial charge in [-0.3, -0.25) is 9.59 Å². The molecule has 2 aromatic rings. The fourth-order valence-corrected chi connectivity index (χ4v) is 4.28. The summed E-state index contributed by atoms with van der Waals surface area (Å²) in [4.78, 5) is 25.5. The van der Waals surface area contributed by atoms with Crippen LogP contribution in [0.1, 0.15) is 40.2 Å². The van der Waals surface area contributed by atoms with Crippen molar-refractivity contribution in [1.29, 1.82) is 0 Å². The van der Waals surface area contributed by atoms with Gasteiger partial charge in [-0.25, -0.2) is 4.68 Å². The van der Waals surface area contributed by atoms with Crippen molar-refractivity contribution in [1.82, 2.24) is 14.7 Å². The van der Waals surface area contributed by atoms with Gasteiger partial charge in [0.15, 0.2) is 0 Å². The molecule has 1 aliphatic heterocycles. The number of nitrogens with zero attached hydrogens (tertiary/aromatic N) is 3. The van der Waals surface area contributed by atoms with Crippen LogP contribution in [0.5, 0.6) is 0 Å². The molecule has 3 rings (SSSR count). The maximum atomic E-state index is 12.7. The number of aliphatic carboxylic acids is 1. The third-order valence-corrected chi connectivity index (χ3v) is 5.95. The minimum Gasteiger partial charge on any atom is -0.481 e. The Hall–Kier alpha value is -2.28. The largest absolute Gasteiger partial charge is 0.481 e. The van der Waals surface area contributed by atoms with E-state index in [0.29, 0.717) is 12.0 Å². The third kappa shape index (κ3) is 4.53. The van der Waals surface area contributed by atoms with Gasteiger partial charge >= 0.3 is 5.97 Å². The van der Waals surface area contributed by atoms with E-state index in [1.165, 1.54) is 0 Å². The Morgan fingerprint density at radius 1 is 1.15 bits per heavy atom. The quantitative estimate of drug-likeness (QED) is 0.853. The fourth-order valence-electron chi connectivity index (χ4n) is 3.40. The second-order valence-corrected chi connectivity index (χ2v) is 7.98. The molecule has 0 unspecified atom stereocenters. The van der Waals surface area contributed by atoms with E-state index in [0.717, 1.165) is 53.7 Å². The van der Waals surface area contributed by atoms with Crippen LogP contribution in [0.3, 0.4) is 0 Å². The predicted molar refractivity (Wildman–Crippen MR) is 107 cm³/mol. The van der Waals surface area contributed by atoms with Gasteiger partial charge < -0.3 is 10.0 Å². The second kappa shape index (κ2) is 8.61. The van der Waals surface area contributed by atoms with E-state index in [4.69, 9.17) is 5.11 Å². The topological polar surface area (TPSA) is 75.4 Å². The van der Waals surface area contributed by atoms with Crippen LogP contribution in [0.15, 0.2) is 24.3 Å². The SMILES string of the molecule is Cc1nn(-c2ccc(C(=O)N3CCCSCC3)cc2)c(C)c1CCC(=O)O. The lowest BCUT2D eigenvalue weighted by Crippen LogP contribution is -2.32. The Labute approximate surface area is 163 Å². The number of carbonyl (C=O) groups excluding carboxylic acids is 1. The van der Waals surface area contributed by atoms with Crippen molar-refractivity contribution in [2.24, 2.45) is 0 Å². The molecule has 7 heteroatoms. The van der Waals surface area contributed by atoms with Crippen LogP contribution in [-0.2, 0) is 11.2 Å². The summed E-state index contributed by atoms with van der Waals surface area (Å²) in [6, 6.07) is 7.51. The summed E-state index contributed by atoms with van der Waals surface area (Å²) in [5, 5.41) is 13.5. The number of amides is 1. The molecule has 0 bridgehead atoms. The molecule has 0 radical (unpaired) electrons. The summed E-state index contributed by atoms with van der Waals surface area (Å²) >= 11 is 1.90. The van der Waals surface area contributed by atoms with Crippen LogP contribution in [0, 0.1) is 13.8 Å². The van der Waals surface area contributed by atoms with E-state index in [1.54, 1.807) is 0 Å². The van der Waals surface area contributed by atoms with Gasteiger partial charge in [-0.15, -0.1) is 0 Å². The van der Waals surface area contributed by atoms with Crippen molar-refractivity contribution in [3.63, 3.8) is 0 Å². The van der Waals surface area contributed by atoms with Crippen molar-refractivity contribution < 1.29 is 14.7 Å². The predicted octanol–water partition coefficient (Wildman–Crippen LogP) is 3.09. The van der Waals surface area contributed by atoms with Crippen molar-refractivity contribution in [3.8, 4) is 5.69 Å². The molecule has 1 fully saturated rings. The van der Waals surface area contributed by atoms with Crippen LogP contribution < -0.4 is 0 Å². The Bertz CT molecular complexity index is 822. The van der Waals surface area contributed by atoms with Crippen molar-refractivity contribution in [2.75, 3.05) is 24.6 Å². The Kier molecular flexibility index (Phi) is 6.21. The summed E-state index contributed by atoms with van der Waals surface area (Å²) in [5.74, 6) is 1.38. The number of aromatic nitrogens is 2. The normalized spacial score (nSPS) is 14.8. The van der Waals surface area contributed by atoms with Gasteiger partial charge in [0.1, 0.15) is 0 Å². The molecule has 1 aromatic heterocycles. The minimum absolute atomic E-state index is 0.0829. The lowest BCUT2D eigenvalue weighted by Gasteiger charge is -2.20. The molecule has 144 valence electrons. The van der Waals surface area contributed by atoms with Gasteiger partial charge in [-0.2, -0.15) is 16.9 Å². The van der Waals surface area contributed by atoms with Crippen molar-refractivity contribution >= 4 is 23.6 Å². The molecule has 0 aliphatic carbocycles. The first-order valence-electron chi connectivity index (χ1n) is 9.21. The summed E-state index contributed by atoms with van der Waals surface area (Å²) in [7, 11) is 0.